The van der Waals surface area contributed by atoms with E-state index >= 15 is 0 Å². The summed E-state index contributed by atoms with van der Waals surface area (Å²) >= 11 is 0. The fraction of sp³-hybridized carbons (Fsp3) is 0.353. The molecule has 4 aromatic rings. The van der Waals surface area contributed by atoms with Gasteiger partial charge >= 0.3 is 0 Å². The van der Waals surface area contributed by atoms with Gasteiger partial charge in [0.2, 0.25) is 18.6 Å². The van der Waals surface area contributed by atoms with Crippen LogP contribution in [0.1, 0.15) is 54.8 Å². The molecule has 6 rings (SSSR count). The van der Waals surface area contributed by atoms with Crippen LogP contribution in [0.4, 0.5) is 5.69 Å². The number of rotatable bonds is 9. The van der Waals surface area contributed by atoms with Crippen LogP contribution in [0.2, 0.25) is 0 Å². The molecule has 0 radical (unpaired) electrons. The lowest BCUT2D eigenvalue weighted by atomic mass is 9.94. The van der Waals surface area contributed by atoms with Gasteiger partial charge in [-0.3, -0.25) is 9.59 Å². The van der Waals surface area contributed by atoms with Crippen LogP contribution in [-0.2, 0) is 22.6 Å². The van der Waals surface area contributed by atoms with Gasteiger partial charge in [0.15, 0.2) is 11.5 Å². The molecule has 42 heavy (non-hydrogen) atoms. The molecule has 2 N–H and O–H groups in total. The number of H-pyrrole nitrogens is 1. The van der Waals surface area contributed by atoms with E-state index in [-0.39, 0.29) is 37.6 Å². The molecule has 1 fully saturated rings. The van der Waals surface area contributed by atoms with Crippen molar-refractivity contribution in [3.05, 3.63) is 89.6 Å². The fourth-order valence-electron chi connectivity index (χ4n) is 6.06. The zero-order valence-corrected chi connectivity index (χ0v) is 24.3. The van der Waals surface area contributed by atoms with Crippen LogP contribution >= 0.6 is 0 Å². The van der Waals surface area contributed by atoms with Crippen LogP contribution in [0.5, 0.6) is 11.5 Å². The van der Waals surface area contributed by atoms with Crippen molar-refractivity contribution in [2.45, 2.75) is 57.2 Å². The summed E-state index contributed by atoms with van der Waals surface area (Å²) < 4.78 is 11.1. The maximum Gasteiger partial charge on any atom is 0.247 e. The van der Waals surface area contributed by atoms with Gasteiger partial charge in [-0.25, -0.2) is 0 Å². The number of carbonyl (C=O) groups excluding carboxylic acids is 2. The minimum Gasteiger partial charge on any atom is -0.454 e. The van der Waals surface area contributed by atoms with Gasteiger partial charge in [0, 0.05) is 49.5 Å². The number of aromatic nitrogens is 1. The summed E-state index contributed by atoms with van der Waals surface area (Å²) in [5, 5.41) is 4.32. The van der Waals surface area contributed by atoms with Gasteiger partial charge in [0.1, 0.15) is 6.04 Å². The summed E-state index contributed by atoms with van der Waals surface area (Å²) in [6, 6.07) is 20.9. The Morgan fingerprint density at radius 2 is 1.71 bits per heavy atom. The van der Waals surface area contributed by atoms with Crippen molar-refractivity contribution < 1.29 is 19.1 Å². The number of amides is 2. The zero-order chi connectivity index (χ0) is 29.1. The Labute approximate surface area is 246 Å². The van der Waals surface area contributed by atoms with E-state index in [9.17, 15) is 9.59 Å². The average Bonchev–Trinajstić information content (AvgIpc) is 3.64. The predicted octanol–water partition coefficient (Wildman–Crippen LogP) is 5.72. The first-order valence-electron chi connectivity index (χ1n) is 14.8. The molecule has 3 aromatic carbocycles. The lowest BCUT2D eigenvalue weighted by Crippen LogP contribution is -2.47. The van der Waals surface area contributed by atoms with E-state index in [0.29, 0.717) is 11.5 Å². The maximum atomic E-state index is 14.3. The molecule has 2 amide bonds. The van der Waals surface area contributed by atoms with E-state index in [2.05, 4.69) is 10.3 Å². The number of nitrogens with one attached hydrogen (secondary N) is 2. The normalized spacial score (nSPS) is 15.4. The summed E-state index contributed by atoms with van der Waals surface area (Å²) in [4.78, 5) is 35.6. The Hall–Kier alpha value is -4.46. The molecule has 8 nitrogen and oxygen atoms in total. The first-order chi connectivity index (χ1) is 20.5. The van der Waals surface area contributed by atoms with Gasteiger partial charge in [0.25, 0.3) is 0 Å². The van der Waals surface area contributed by atoms with Crippen molar-refractivity contribution in [1.29, 1.82) is 0 Å². The number of aromatic amines is 1. The number of nitrogens with zero attached hydrogens (tertiary/aromatic N) is 2. The second-order valence-corrected chi connectivity index (χ2v) is 11.5. The van der Waals surface area contributed by atoms with Crippen LogP contribution in [0.25, 0.3) is 10.9 Å². The van der Waals surface area contributed by atoms with E-state index in [1.54, 1.807) is 4.90 Å². The smallest absolute Gasteiger partial charge is 0.247 e. The minimum absolute atomic E-state index is 0.117. The molecule has 1 aromatic heterocycles. The van der Waals surface area contributed by atoms with Gasteiger partial charge in [-0.05, 0) is 59.9 Å². The molecule has 0 saturated heterocycles. The van der Waals surface area contributed by atoms with Crippen LogP contribution in [0.3, 0.4) is 0 Å². The molecule has 218 valence electrons. The number of para-hydroxylation sites is 1. The lowest BCUT2D eigenvalue weighted by molar-refractivity contribution is -0.141. The van der Waals surface area contributed by atoms with Crippen molar-refractivity contribution in [2.24, 2.45) is 0 Å². The molecule has 1 aliphatic carbocycles. The third-order valence-electron chi connectivity index (χ3n) is 8.36. The van der Waals surface area contributed by atoms with Crippen LogP contribution < -0.4 is 19.7 Å². The maximum absolute atomic E-state index is 14.3. The van der Waals surface area contributed by atoms with Crippen LogP contribution in [0, 0.1) is 0 Å². The molecule has 1 aliphatic heterocycles. The summed E-state index contributed by atoms with van der Waals surface area (Å²) in [5.74, 6) is 1.06. The Kier molecular flexibility index (Phi) is 8.04. The molecular weight excluding hydrogens is 528 g/mol. The third-order valence-corrected chi connectivity index (χ3v) is 8.36. The topological polar surface area (TPSA) is 86.9 Å². The first kappa shape index (κ1) is 27.7. The highest BCUT2D eigenvalue weighted by Crippen LogP contribution is 2.34. The highest BCUT2D eigenvalue weighted by atomic mass is 16.7. The number of hydrogen-bond acceptors (Lipinski definition) is 5. The Balaban J connectivity index is 1.38. The number of fused-ring (bicyclic) bond motifs is 2. The summed E-state index contributed by atoms with van der Waals surface area (Å²) in [6.45, 7) is 0.419. The Morgan fingerprint density at radius 1 is 0.952 bits per heavy atom. The molecule has 8 heteroatoms. The molecule has 2 aliphatic rings. The summed E-state index contributed by atoms with van der Waals surface area (Å²) in [6.07, 6.45) is 7.39. The SMILES string of the molecule is CN(C)c1ccc([C@H](C(=O)NC2CCCCC2)N(Cc2ccc3c(c2)OCO3)C(=O)Cc2c[nH]c3ccccc23)cc1. The Morgan fingerprint density at radius 3 is 2.50 bits per heavy atom. The monoisotopic (exact) mass is 566 g/mol. The minimum atomic E-state index is -0.800. The number of hydrogen-bond donors (Lipinski definition) is 2. The molecular formula is C34H38N4O4. The van der Waals surface area contributed by atoms with Gasteiger partial charge < -0.3 is 29.6 Å². The van der Waals surface area contributed by atoms with Crippen molar-refractivity contribution in [2.75, 3.05) is 25.8 Å². The fourth-order valence-corrected chi connectivity index (χ4v) is 6.06. The molecule has 1 atom stereocenters. The largest absolute Gasteiger partial charge is 0.454 e. The van der Waals surface area contributed by atoms with E-state index in [1.807, 2.05) is 91.9 Å². The van der Waals surface area contributed by atoms with Gasteiger partial charge in [-0.15, -0.1) is 0 Å². The summed E-state index contributed by atoms with van der Waals surface area (Å²) in [7, 11) is 3.97. The van der Waals surface area contributed by atoms with Gasteiger partial charge in [-0.1, -0.05) is 55.7 Å². The average molecular weight is 567 g/mol. The van der Waals surface area contributed by atoms with Crippen molar-refractivity contribution >= 4 is 28.4 Å². The van der Waals surface area contributed by atoms with Crippen molar-refractivity contribution in [1.82, 2.24) is 15.2 Å². The van der Waals surface area contributed by atoms with Crippen molar-refractivity contribution in [3.63, 3.8) is 0 Å². The van der Waals surface area contributed by atoms with Crippen LogP contribution in [0.15, 0.2) is 72.9 Å². The first-order valence-corrected chi connectivity index (χ1v) is 14.8. The highest BCUT2D eigenvalue weighted by molar-refractivity contribution is 5.92. The molecule has 0 spiro atoms. The number of carbonyl (C=O) groups is 2. The third kappa shape index (κ3) is 5.93. The highest BCUT2D eigenvalue weighted by Gasteiger charge is 2.33. The predicted molar refractivity (Wildman–Crippen MR) is 164 cm³/mol. The Bertz CT molecular complexity index is 1560. The second kappa shape index (κ2) is 12.2. The molecule has 0 bridgehead atoms. The van der Waals surface area contributed by atoms with Crippen molar-refractivity contribution in [3.8, 4) is 11.5 Å². The molecule has 1 saturated carbocycles. The standard InChI is InChI=1S/C34H38N4O4/c1-37(2)27-15-13-24(14-16-27)33(34(40)36-26-8-4-3-5-9-26)38(21-23-12-17-30-31(18-23)42-22-41-30)32(39)19-25-20-35-29-11-7-6-10-28(25)29/h6-7,10-18,20,26,33,35H,3-5,8-9,19,21-22H2,1-2H3,(H,36,40)/t33-/m1/s1. The van der Waals surface area contributed by atoms with E-state index in [4.69, 9.17) is 9.47 Å². The number of benzene rings is 3. The quantitative estimate of drug-likeness (QED) is 0.271. The van der Waals surface area contributed by atoms with Gasteiger partial charge in [0.05, 0.1) is 6.42 Å². The second-order valence-electron chi connectivity index (χ2n) is 11.5. The van der Waals surface area contributed by atoms with Gasteiger partial charge in [-0.2, -0.15) is 0 Å². The lowest BCUT2D eigenvalue weighted by Gasteiger charge is -2.34. The number of ether oxygens (including phenoxy) is 2. The van der Waals surface area contributed by atoms with E-state index in [1.165, 1.54) is 6.42 Å². The van der Waals surface area contributed by atoms with E-state index in [0.717, 1.165) is 59.0 Å². The number of anilines is 1. The molecule has 2 heterocycles. The summed E-state index contributed by atoms with van der Waals surface area (Å²) in [5.41, 5.74) is 4.56. The molecule has 0 unspecified atom stereocenters. The zero-order valence-electron chi connectivity index (χ0n) is 24.3. The van der Waals surface area contributed by atoms with E-state index < -0.39 is 6.04 Å². The van der Waals surface area contributed by atoms with Crippen LogP contribution in [-0.4, -0.2) is 48.6 Å².